The Bertz CT molecular complexity index is 1320. The average Bonchev–Trinajstić information content (AvgIpc) is 3.27. The molecule has 8 heteroatoms. The number of carbonyl (C=O) groups excluding carboxylic acids is 2. The van der Waals surface area contributed by atoms with Gasteiger partial charge in [0.2, 0.25) is 6.79 Å². The van der Waals surface area contributed by atoms with Crippen molar-refractivity contribution in [2.24, 2.45) is 0 Å². The zero-order valence-corrected chi connectivity index (χ0v) is 16.2. The van der Waals surface area contributed by atoms with Crippen LogP contribution in [-0.2, 0) is 0 Å². The van der Waals surface area contributed by atoms with Crippen LogP contribution in [-0.4, -0.2) is 28.6 Å². The van der Waals surface area contributed by atoms with Crippen LogP contribution in [0, 0.1) is 0 Å². The summed E-state index contributed by atoms with van der Waals surface area (Å²) in [6, 6.07) is 19.2. The van der Waals surface area contributed by atoms with Crippen LogP contribution in [0.3, 0.4) is 0 Å². The largest absolute Gasteiger partial charge is 0.454 e. The monoisotopic (exact) mass is 412 g/mol. The second-order valence-electron chi connectivity index (χ2n) is 6.77. The highest BCUT2D eigenvalue weighted by Crippen LogP contribution is 2.34. The van der Waals surface area contributed by atoms with Gasteiger partial charge >= 0.3 is 0 Å². The van der Waals surface area contributed by atoms with E-state index in [0.717, 1.165) is 0 Å². The number of nitrogens with zero attached hydrogens (tertiary/aromatic N) is 2. The Kier molecular flexibility index (Phi) is 4.64. The van der Waals surface area contributed by atoms with Crippen molar-refractivity contribution in [3.63, 3.8) is 0 Å². The predicted molar refractivity (Wildman–Crippen MR) is 114 cm³/mol. The first kappa shape index (κ1) is 18.6. The molecule has 0 radical (unpaired) electrons. The van der Waals surface area contributed by atoms with E-state index in [0.29, 0.717) is 39.5 Å². The molecule has 0 atom stereocenters. The molecule has 4 aromatic rings. The van der Waals surface area contributed by atoms with Gasteiger partial charge in [0.1, 0.15) is 5.69 Å². The van der Waals surface area contributed by atoms with Crippen LogP contribution in [0.2, 0.25) is 0 Å². The van der Waals surface area contributed by atoms with Crippen molar-refractivity contribution < 1.29 is 19.1 Å². The lowest BCUT2D eigenvalue weighted by molar-refractivity contribution is 0.102. The van der Waals surface area contributed by atoms with E-state index in [1.807, 2.05) is 18.2 Å². The summed E-state index contributed by atoms with van der Waals surface area (Å²) in [6.45, 7) is 0.152. The second-order valence-corrected chi connectivity index (χ2v) is 6.77. The van der Waals surface area contributed by atoms with Crippen LogP contribution in [0.4, 0.5) is 11.4 Å². The lowest BCUT2D eigenvalue weighted by Gasteiger charge is -2.12. The topological polar surface area (TPSA) is 102 Å². The van der Waals surface area contributed by atoms with Gasteiger partial charge in [-0.25, -0.2) is 4.98 Å². The minimum absolute atomic E-state index is 0.152. The summed E-state index contributed by atoms with van der Waals surface area (Å²) in [5.41, 5.74) is 2.69. The molecule has 3 aromatic carbocycles. The number of nitrogens with one attached hydrogen (secondary N) is 2. The Morgan fingerprint density at radius 2 is 1.58 bits per heavy atom. The van der Waals surface area contributed by atoms with Crippen LogP contribution in [0.1, 0.15) is 20.8 Å². The third kappa shape index (κ3) is 3.74. The summed E-state index contributed by atoms with van der Waals surface area (Å²) in [5, 5.41) is 5.56. The van der Waals surface area contributed by atoms with Crippen LogP contribution in [0.5, 0.6) is 11.5 Å². The summed E-state index contributed by atoms with van der Waals surface area (Å²) in [4.78, 5) is 34.2. The third-order valence-electron chi connectivity index (χ3n) is 4.73. The van der Waals surface area contributed by atoms with Crippen molar-refractivity contribution in [3.05, 3.63) is 84.2 Å². The van der Waals surface area contributed by atoms with E-state index in [4.69, 9.17) is 9.47 Å². The van der Waals surface area contributed by atoms with Gasteiger partial charge in [-0.15, -0.1) is 0 Å². The normalized spacial score (nSPS) is 11.9. The molecule has 1 aliphatic rings. The van der Waals surface area contributed by atoms with E-state index >= 15 is 0 Å². The van der Waals surface area contributed by atoms with Gasteiger partial charge in [-0.1, -0.05) is 24.3 Å². The molecule has 152 valence electrons. The first-order chi connectivity index (χ1) is 15.2. The number of hydrogen-bond acceptors (Lipinski definition) is 6. The Morgan fingerprint density at radius 3 is 2.48 bits per heavy atom. The lowest BCUT2D eigenvalue weighted by atomic mass is 10.1. The van der Waals surface area contributed by atoms with E-state index < -0.39 is 5.91 Å². The molecule has 0 unspecified atom stereocenters. The maximum absolute atomic E-state index is 12.9. The SMILES string of the molecule is O=C(Nc1ccccc1C(=O)Nc1ccc2c(c1)OCO2)c1cnc2ccccc2n1. The van der Waals surface area contributed by atoms with E-state index in [1.54, 1.807) is 48.5 Å². The highest BCUT2D eigenvalue weighted by molar-refractivity contribution is 6.12. The summed E-state index contributed by atoms with van der Waals surface area (Å²) in [7, 11) is 0. The number of rotatable bonds is 4. The summed E-state index contributed by atoms with van der Waals surface area (Å²) in [6.07, 6.45) is 1.41. The Hall–Kier alpha value is -4.46. The molecule has 0 saturated heterocycles. The highest BCUT2D eigenvalue weighted by atomic mass is 16.7. The molecule has 8 nitrogen and oxygen atoms in total. The van der Waals surface area contributed by atoms with Crippen molar-refractivity contribution in [3.8, 4) is 11.5 Å². The smallest absolute Gasteiger partial charge is 0.275 e. The van der Waals surface area contributed by atoms with E-state index in [9.17, 15) is 9.59 Å². The van der Waals surface area contributed by atoms with Crippen molar-refractivity contribution in [2.45, 2.75) is 0 Å². The zero-order valence-electron chi connectivity index (χ0n) is 16.2. The molecular formula is C23H16N4O4. The van der Waals surface area contributed by atoms with Gasteiger partial charge < -0.3 is 20.1 Å². The molecule has 0 spiro atoms. The quantitative estimate of drug-likeness (QED) is 0.528. The molecule has 31 heavy (non-hydrogen) atoms. The first-order valence-electron chi connectivity index (χ1n) is 9.50. The Balaban J connectivity index is 1.37. The minimum atomic E-state index is -0.457. The van der Waals surface area contributed by atoms with Crippen LogP contribution in [0.15, 0.2) is 72.9 Å². The number of benzene rings is 3. The summed E-state index contributed by atoms with van der Waals surface area (Å²) >= 11 is 0. The molecule has 0 fully saturated rings. The van der Waals surface area contributed by atoms with E-state index in [2.05, 4.69) is 20.6 Å². The summed E-state index contributed by atoms with van der Waals surface area (Å²) < 4.78 is 10.6. The summed E-state index contributed by atoms with van der Waals surface area (Å²) in [5.74, 6) is 0.359. The number of amides is 2. The molecule has 1 aromatic heterocycles. The molecular weight excluding hydrogens is 396 g/mol. The number of para-hydroxylation sites is 3. The van der Waals surface area contributed by atoms with Gasteiger partial charge in [-0.05, 0) is 36.4 Å². The lowest BCUT2D eigenvalue weighted by Crippen LogP contribution is -2.19. The molecule has 0 aliphatic carbocycles. The fourth-order valence-corrected chi connectivity index (χ4v) is 3.22. The molecule has 5 rings (SSSR count). The van der Waals surface area contributed by atoms with Crippen molar-refractivity contribution in [2.75, 3.05) is 17.4 Å². The molecule has 2 N–H and O–H groups in total. The standard InChI is InChI=1S/C23H16N4O4/c28-22(25-14-9-10-20-21(11-14)31-13-30-20)15-5-1-2-6-16(15)27-23(29)19-12-24-17-7-3-4-8-18(17)26-19/h1-12H,13H2,(H,25,28)(H,27,29). The maximum Gasteiger partial charge on any atom is 0.275 e. The number of anilines is 2. The van der Waals surface area contributed by atoms with Gasteiger partial charge in [0, 0.05) is 11.8 Å². The highest BCUT2D eigenvalue weighted by Gasteiger charge is 2.18. The number of hydrogen-bond donors (Lipinski definition) is 2. The molecule has 2 amide bonds. The zero-order chi connectivity index (χ0) is 21.2. The Morgan fingerprint density at radius 1 is 0.806 bits per heavy atom. The van der Waals surface area contributed by atoms with Crippen LogP contribution in [0.25, 0.3) is 11.0 Å². The molecule has 2 heterocycles. The van der Waals surface area contributed by atoms with E-state index in [-0.39, 0.29) is 18.4 Å². The average molecular weight is 412 g/mol. The molecule has 0 bridgehead atoms. The fraction of sp³-hybridized carbons (Fsp3) is 0.0435. The van der Waals surface area contributed by atoms with Gasteiger partial charge in [0.25, 0.3) is 11.8 Å². The maximum atomic E-state index is 12.9. The van der Waals surface area contributed by atoms with Crippen LogP contribution < -0.4 is 20.1 Å². The third-order valence-corrected chi connectivity index (χ3v) is 4.73. The fourth-order valence-electron chi connectivity index (χ4n) is 3.22. The van der Waals surface area contributed by atoms with Crippen LogP contribution >= 0.6 is 0 Å². The first-order valence-corrected chi connectivity index (χ1v) is 9.50. The van der Waals surface area contributed by atoms with Gasteiger partial charge in [-0.3, -0.25) is 14.6 Å². The van der Waals surface area contributed by atoms with Gasteiger partial charge in [-0.2, -0.15) is 0 Å². The van der Waals surface area contributed by atoms with Gasteiger partial charge in [0.15, 0.2) is 11.5 Å². The Labute approximate surface area is 176 Å². The van der Waals surface area contributed by atoms with Crippen molar-refractivity contribution >= 4 is 34.2 Å². The molecule has 1 aliphatic heterocycles. The predicted octanol–water partition coefficient (Wildman–Crippen LogP) is 3.86. The van der Waals surface area contributed by atoms with Gasteiger partial charge in [0.05, 0.1) is 28.5 Å². The number of carbonyl (C=O) groups is 2. The minimum Gasteiger partial charge on any atom is -0.454 e. The number of fused-ring (bicyclic) bond motifs is 2. The second kappa shape index (κ2) is 7.75. The number of aromatic nitrogens is 2. The van der Waals surface area contributed by atoms with Crippen molar-refractivity contribution in [1.82, 2.24) is 9.97 Å². The van der Waals surface area contributed by atoms with Crippen molar-refractivity contribution in [1.29, 1.82) is 0 Å². The number of ether oxygens (including phenoxy) is 2. The molecule has 0 saturated carbocycles. The van der Waals surface area contributed by atoms with E-state index in [1.165, 1.54) is 6.20 Å².